The van der Waals surface area contributed by atoms with Crippen LogP contribution in [-0.2, 0) is 0 Å². The van der Waals surface area contributed by atoms with E-state index in [-0.39, 0.29) is 0 Å². The molecule has 0 fully saturated rings. The number of ether oxygens (including phenoxy) is 2. The van der Waals surface area contributed by atoms with E-state index >= 15 is 0 Å². The van der Waals surface area contributed by atoms with Crippen molar-refractivity contribution in [1.29, 1.82) is 0 Å². The third kappa shape index (κ3) is 2.71. The highest BCUT2D eigenvalue weighted by Crippen LogP contribution is 2.34. The van der Waals surface area contributed by atoms with E-state index in [1.165, 1.54) is 0 Å². The molecule has 1 heterocycles. The Morgan fingerprint density at radius 2 is 1.95 bits per heavy atom. The highest BCUT2D eigenvalue weighted by atomic mass is 35.5. The van der Waals surface area contributed by atoms with Crippen LogP contribution in [0.2, 0.25) is 5.02 Å². The van der Waals surface area contributed by atoms with Gasteiger partial charge in [0.25, 0.3) is 0 Å². The van der Waals surface area contributed by atoms with Gasteiger partial charge in [-0.1, -0.05) is 11.6 Å². The number of rotatable bonds is 3. The Morgan fingerprint density at radius 3 is 2.71 bits per heavy atom. The molecular weight excluding hydrogens is 288 g/mol. The van der Waals surface area contributed by atoms with Crippen molar-refractivity contribution in [3.8, 4) is 17.4 Å². The van der Waals surface area contributed by atoms with Crippen LogP contribution in [0.3, 0.4) is 0 Å². The number of hydrogen-bond acceptors (Lipinski definition) is 4. The maximum absolute atomic E-state index is 6.13. The fourth-order valence-corrected chi connectivity index (χ4v) is 2.27. The molecule has 0 unspecified atom stereocenters. The molecule has 0 bridgehead atoms. The molecule has 1 aromatic heterocycles. The zero-order chi connectivity index (χ0) is 14.8. The molecule has 2 N–H and O–H groups in total. The van der Waals surface area contributed by atoms with Crippen molar-refractivity contribution in [2.75, 3.05) is 12.8 Å². The van der Waals surface area contributed by atoms with Gasteiger partial charge in [0.15, 0.2) is 0 Å². The molecule has 2 aromatic carbocycles. The minimum Gasteiger partial charge on any atom is -0.497 e. The monoisotopic (exact) mass is 300 g/mol. The molecule has 0 aliphatic carbocycles. The molecule has 0 atom stereocenters. The number of halogens is 1. The molecule has 0 saturated carbocycles. The van der Waals surface area contributed by atoms with E-state index in [0.717, 1.165) is 16.5 Å². The average molecular weight is 301 g/mol. The Hall–Kier alpha value is -2.46. The average Bonchev–Trinajstić information content (AvgIpc) is 2.49. The van der Waals surface area contributed by atoms with E-state index in [2.05, 4.69) is 4.98 Å². The van der Waals surface area contributed by atoms with E-state index in [4.69, 9.17) is 26.8 Å². The van der Waals surface area contributed by atoms with Gasteiger partial charge >= 0.3 is 0 Å². The van der Waals surface area contributed by atoms with Gasteiger partial charge in [-0.05, 0) is 47.9 Å². The second kappa shape index (κ2) is 5.50. The number of aromatic nitrogens is 1. The van der Waals surface area contributed by atoms with Crippen LogP contribution in [0.5, 0.6) is 17.4 Å². The van der Waals surface area contributed by atoms with E-state index in [0.29, 0.717) is 22.3 Å². The van der Waals surface area contributed by atoms with Gasteiger partial charge in [0, 0.05) is 17.3 Å². The summed E-state index contributed by atoms with van der Waals surface area (Å²) < 4.78 is 11.0. The molecular formula is C16H13ClN2O2. The Balaban J connectivity index is 2.04. The van der Waals surface area contributed by atoms with E-state index in [1.807, 2.05) is 24.3 Å². The van der Waals surface area contributed by atoms with Gasteiger partial charge in [-0.15, -0.1) is 0 Å². The Kier molecular flexibility index (Phi) is 3.54. The normalized spacial score (nSPS) is 10.6. The lowest BCUT2D eigenvalue weighted by molar-refractivity contribution is 0.415. The Bertz CT molecular complexity index is 805. The summed E-state index contributed by atoms with van der Waals surface area (Å²) in [6, 6.07) is 12.7. The molecule has 5 heteroatoms. The van der Waals surface area contributed by atoms with E-state index < -0.39 is 0 Å². The summed E-state index contributed by atoms with van der Waals surface area (Å²) >= 11 is 6.13. The molecule has 0 amide bonds. The van der Waals surface area contributed by atoms with Gasteiger partial charge < -0.3 is 15.2 Å². The second-order valence-corrected chi connectivity index (χ2v) is 4.90. The number of hydrogen-bond donors (Lipinski definition) is 1. The third-order valence-corrected chi connectivity index (χ3v) is 3.39. The smallest absolute Gasteiger partial charge is 0.227 e. The summed E-state index contributed by atoms with van der Waals surface area (Å²) in [4.78, 5) is 4.27. The first-order valence-electron chi connectivity index (χ1n) is 6.33. The maximum Gasteiger partial charge on any atom is 0.227 e. The van der Waals surface area contributed by atoms with Crippen molar-refractivity contribution in [2.45, 2.75) is 0 Å². The van der Waals surface area contributed by atoms with Crippen molar-refractivity contribution in [3.63, 3.8) is 0 Å². The van der Waals surface area contributed by atoms with Gasteiger partial charge in [0.1, 0.15) is 11.5 Å². The zero-order valence-electron chi connectivity index (χ0n) is 11.3. The first-order valence-corrected chi connectivity index (χ1v) is 6.71. The van der Waals surface area contributed by atoms with Gasteiger partial charge in [0.05, 0.1) is 12.1 Å². The van der Waals surface area contributed by atoms with Crippen molar-refractivity contribution < 1.29 is 9.47 Å². The second-order valence-electron chi connectivity index (χ2n) is 4.50. The topological polar surface area (TPSA) is 57.4 Å². The Labute approximate surface area is 127 Å². The highest BCUT2D eigenvalue weighted by molar-refractivity contribution is 6.32. The van der Waals surface area contributed by atoms with Crippen LogP contribution in [0.4, 0.5) is 5.69 Å². The van der Waals surface area contributed by atoms with Crippen LogP contribution in [0.15, 0.2) is 48.7 Å². The van der Waals surface area contributed by atoms with Gasteiger partial charge in [-0.3, -0.25) is 0 Å². The number of pyridine rings is 1. The lowest BCUT2D eigenvalue weighted by Crippen LogP contribution is -1.92. The summed E-state index contributed by atoms with van der Waals surface area (Å²) in [5.74, 6) is 1.79. The molecule has 21 heavy (non-hydrogen) atoms. The minimum atomic E-state index is 0.447. The molecule has 0 spiro atoms. The number of nitrogens with zero attached hydrogens (tertiary/aromatic N) is 1. The summed E-state index contributed by atoms with van der Waals surface area (Å²) in [6.07, 6.45) is 1.68. The minimum absolute atomic E-state index is 0.447. The lowest BCUT2D eigenvalue weighted by Gasteiger charge is -2.10. The number of nitrogen functional groups attached to an aromatic ring is 1. The number of benzene rings is 2. The van der Waals surface area contributed by atoms with E-state index in [1.54, 1.807) is 31.5 Å². The van der Waals surface area contributed by atoms with Crippen molar-refractivity contribution in [3.05, 3.63) is 53.7 Å². The molecule has 3 aromatic rings. The molecule has 4 nitrogen and oxygen atoms in total. The fourth-order valence-electron chi connectivity index (χ4n) is 2.04. The predicted molar refractivity (Wildman–Crippen MR) is 84.2 cm³/mol. The number of methoxy groups -OCH3 is 1. The first-order chi connectivity index (χ1) is 10.2. The number of anilines is 1. The molecule has 0 aliphatic heterocycles. The zero-order valence-corrected chi connectivity index (χ0v) is 12.1. The van der Waals surface area contributed by atoms with Gasteiger partial charge in [-0.2, -0.15) is 0 Å². The first kappa shape index (κ1) is 13.5. The summed E-state index contributed by atoms with van der Waals surface area (Å²) in [6.45, 7) is 0. The van der Waals surface area contributed by atoms with Crippen LogP contribution in [0.1, 0.15) is 0 Å². The third-order valence-electron chi connectivity index (χ3n) is 3.10. The molecule has 0 aliphatic rings. The Morgan fingerprint density at radius 1 is 1.10 bits per heavy atom. The lowest BCUT2D eigenvalue weighted by atomic mass is 10.1. The largest absolute Gasteiger partial charge is 0.497 e. The molecule has 3 rings (SSSR count). The standard InChI is InChI=1S/C16H13ClN2O2/c1-20-12-3-4-13-10(8-12)6-7-19-16(13)21-15-5-2-11(18)9-14(15)17/h2-9H,18H2,1H3. The van der Waals surface area contributed by atoms with Crippen LogP contribution in [0.25, 0.3) is 10.8 Å². The quantitative estimate of drug-likeness (QED) is 0.734. The highest BCUT2D eigenvalue weighted by Gasteiger charge is 2.09. The van der Waals surface area contributed by atoms with Gasteiger partial charge in [0.2, 0.25) is 5.88 Å². The summed E-state index contributed by atoms with van der Waals surface area (Å²) in [7, 11) is 1.63. The summed E-state index contributed by atoms with van der Waals surface area (Å²) in [5, 5.41) is 2.31. The van der Waals surface area contributed by atoms with Crippen LogP contribution in [0, 0.1) is 0 Å². The fraction of sp³-hybridized carbons (Fsp3) is 0.0625. The molecule has 0 radical (unpaired) electrons. The van der Waals surface area contributed by atoms with Crippen molar-refractivity contribution >= 4 is 28.1 Å². The van der Waals surface area contributed by atoms with Crippen LogP contribution in [-0.4, -0.2) is 12.1 Å². The number of nitrogens with two attached hydrogens (primary N) is 1. The summed E-state index contributed by atoms with van der Waals surface area (Å²) in [5.41, 5.74) is 6.26. The van der Waals surface area contributed by atoms with Crippen LogP contribution >= 0.6 is 11.6 Å². The maximum atomic E-state index is 6.13. The van der Waals surface area contributed by atoms with E-state index in [9.17, 15) is 0 Å². The molecule has 106 valence electrons. The van der Waals surface area contributed by atoms with Gasteiger partial charge in [-0.25, -0.2) is 4.98 Å². The van der Waals surface area contributed by atoms with Crippen molar-refractivity contribution in [1.82, 2.24) is 4.98 Å². The van der Waals surface area contributed by atoms with Crippen LogP contribution < -0.4 is 15.2 Å². The predicted octanol–water partition coefficient (Wildman–Crippen LogP) is 4.27. The van der Waals surface area contributed by atoms with Crippen molar-refractivity contribution in [2.24, 2.45) is 0 Å². The SMILES string of the molecule is COc1ccc2c(Oc3ccc(N)cc3Cl)nccc2c1. The molecule has 0 saturated heterocycles. The number of fused-ring (bicyclic) bond motifs is 1.